The lowest BCUT2D eigenvalue weighted by atomic mass is 9.97. The van der Waals surface area contributed by atoms with E-state index in [2.05, 4.69) is 44.5 Å². The Hall–Kier alpha value is -4.72. The summed E-state index contributed by atoms with van der Waals surface area (Å²) in [4.78, 5) is 32.5. The summed E-state index contributed by atoms with van der Waals surface area (Å²) in [5, 5.41) is 12.9. The van der Waals surface area contributed by atoms with Gasteiger partial charge in [0.25, 0.3) is 12.4 Å². The molecule has 0 spiro atoms. The van der Waals surface area contributed by atoms with E-state index < -0.39 is 0 Å². The van der Waals surface area contributed by atoms with E-state index in [1.165, 1.54) is 0 Å². The Kier molecular flexibility index (Phi) is 6.78. The molecule has 3 aromatic carbocycles. The fraction of sp³-hybridized carbons (Fsp3) is 0.0769. The summed E-state index contributed by atoms with van der Waals surface area (Å²) in [6.07, 6.45) is 5.17. The zero-order valence-corrected chi connectivity index (χ0v) is 18.4. The number of aromatic amines is 1. The molecule has 2 heterocycles. The monoisotopic (exact) mass is 454 g/mol. The molecular weight excluding hydrogens is 432 g/mol. The molecule has 0 aliphatic rings. The normalized spacial score (nSPS) is 10.4. The van der Waals surface area contributed by atoms with Crippen molar-refractivity contribution in [3.8, 4) is 16.9 Å². The third-order valence-electron chi connectivity index (χ3n) is 5.34. The first kappa shape index (κ1) is 22.5. The van der Waals surface area contributed by atoms with Gasteiger partial charge in [-0.25, -0.2) is 4.98 Å². The number of amides is 1. The van der Waals surface area contributed by atoms with Gasteiger partial charge in [-0.05, 0) is 58.3 Å². The molecule has 170 valence electrons. The number of hydrogen-bond acceptors (Lipinski definition) is 5. The zero-order valence-electron chi connectivity index (χ0n) is 18.4. The lowest BCUT2D eigenvalue weighted by molar-refractivity contribution is -0.122. The molecular formula is C26H22N4O4. The summed E-state index contributed by atoms with van der Waals surface area (Å²) in [6, 6.07) is 20.0. The molecule has 0 unspecified atom stereocenters. The number of benzene rings is 3. The van der Waals surface area contributed by atoms with E-state index in [1.54, 1.807) is 25.7 Å². The van der Waals surface area contributed by atoms with Crippen molar-refractivity contribution in [3.05, 3.63) is 90.6 Å². The van der Waals surface area contributed by atoms with Crippen molar-refractivity contribution < 1.29 is 19.4 Å². The van der Waals surface area contributed by atoms with Crippen LogP contribution >= 0.6 is 0 Å². The highest BCUT2D eigenvalue weighted by molar-refractivity contribution is 6.02. The minimum atomic E-state index is -0.250. The highest BCUT2D eigenvalue weighted by Crippen LogP contribution is 2.34. The highest BCUT2D eigenvalue weighted by Gasteiger charge is 2.11. The summed E-state index contributed by atoms with van der Waals surface area (Å²) in [6.45, 7) is 0.112. The number of carboxylic acid groups (broad SMARTS) is 1. The van der Waals surface area contributed by atoms with Crippen molar-refractivity contribution in [1.82, 2.24) is 20.3 Å². The van der Waals surface area contributed by atoms with Crippen LogP contribution in [-0.2, 0) is 11.3 Å². The molecule has 0 radical (unpaired) electrons. The third-order valence-corrected chi connectivity index (χ3v) is 5.34. The van der Waals surface area contributed by atoms with Gasteiger partial charge < -0.3 is 20.1 Å². The predicted molar refractivity (Wildman–Crippen MR) is 130 cm³/mol. The molecule has 8 heteroatoms. The van der Waals surface area contributed by atoms with Crippen molar-refractivity contribution in [2.24, 2.45) is 0 Å². The maximum absolute atomic E-state index is 12.5. The first-order valence-corrected chi connectivity index (χ1v) is 10.4. The van der Waals surface area contributed by atoms with Gasteiger partial charge in [0.2, 0.25) is 0 Å². The number of methoxy groups -OCH3 is 1. The summed E-state index contributed by atoms with van der Waals surface area (Å²) >= 11 is 0. The van der Waals surface area contributed by atoms with Gasteiger partial charge in [-0.3, -0.25) is 14.6 Å². The second-order valence-corrected chi connectivity index (χ2v) is 7.32. The van der Waals surface area contributed by atoms with Gasteiger partial charge in [-0.2, -0.15) is 0 Å². The Labute approximate surface area is 195 Å². The number of nitrogens with one attached hydrogen (secondary N) is 2. The van der Waals surface area contributed by atoms with E-state index in [4.69, 9.17) is 14.6 Å². The van der Waals surface area contributed by atoms with Gasteiger partial charge in [0, 0.05) is 29.5 Å². The fourth-order valence-corrected chi connectivity index (χ4v) is 3.78. The smallest absolute Gasteiger partial charge is 0.290 e. The van der Waals surface area contributed by atoms with Crippen LogP contribution in [0.2, 0.25) is 0 Å². The number of rotatable bonds is 5. The summed E-state index contributed by atoms with van der Waals surface area (Å²) in [7, 11) is 1.65. The Balaban J connectivity index is 0.000000868. The van der Waals surface area contributed by atoms with E-state index in [0.29, 0.717) is 12.1 Å². The Morgan fingerprint density at radius 1 is 1.06 bits per heavy atom. The van der Waals surface area contributed by atoms with Crippen LogP contribution in [0.15, 0.2) is 79.3 Å². The molecule has 3 N–H and O–H groups in total. The number of aromatic nitrogens is 3. The number of pyridine rings is 1. The van der Waals surface area contributed by atoms with Crippen molar-refractivity contribution in [1.29, 1.82) is 0 Å². The van der Waals surface area contributed by atoms with E-state index in [1.807, 2.05) is 36.4 Å². The average molecular weight is 454 g/mol. The number of carbonyl (C=O) groups excluding carboxylic acids is 1. The number of fused-ring (bicyclic) bond motifs is 2. The van der Waals surface area contributed by atoms with Crippen LogP contribution < -0.4 is 10.1 Å². The number of ether oxygens (including phenoxy) is 1. The van der Waals surface area contributed by atoms with E-state index >= 15 is 0 Å². The minimum Gasteiger partial charge on any atom is -0.494 e. The van der Waals surface area contributed by atoms with Crippen molar-refractivity contribution in [2.45, 2.75) is 6.54 Å². The maximum atomic E-state index is 12.5. The topological polar surface area (TPSA) is 117 Å². The van der Waals surface area contributed by atoms with Crippen LogP contribution in [0.4, 0.5) is 0 Å². The Morgan fingerprint density at radius 3 is 2.62 bits per heavy atom. The Bertz CT molecular complexity index is 1450. The molecule has 0 saturated carbocycles. The number of hydrogen-bond donors (Lipinski definition) is 3. The van der Waals surface area contributed by atoms with Crippen molar-refractivity contribution >= 4 is 34.1 Å². The van der Waals surface area contributed by atoms with Gasteiger partial charge >= 0.3 is 0 Å². The highest BCUT2D eigenvalue weighted by atomic mass is 16.5. The molecule has 0 saturated heterocycles. The first-order chi connectivity index (χ1) is 16.6. The molecule has 0 bridgehead atoms. The maximum Gasteiger partial charge on any atom is 0.290 e. The zero-order chi connectivity index (χ0) is 23.9. The second kappa shape index (κ2) is 10.3. The standard InChI is InChI=1S/C25H20N4O2.CH2O2/c1-31-22-9-8-20(21-3-2-10-28-24(21)22)18-6-4-17-14-19(7-5-16(17)13-18)25(30)29-15-23-26-11-12-27-23;2-1-3/h2-14H,15H2,1H3,(H,26,27)(H,29,30);1H,(H,2,3). The minimum absolute atomic E-state index is 0.130. The Morgan fingerprint density at radius 2 is 1.85 bits per heavy atom. The van der Waals surface area contributed by atoms with Crippen LogP contribution in [0.3, 0.4) is 0 Å². The molecule has 1 amide bonds. The lowest BCUT2D eigenvalue weighted by Gasteiger charge is -2.11. The van der Waals surface area contributed by atoms with Crippen LogP contribution in [0.5, 0.6) is 5.75 Å². The molecule has 0 aliphatic heterocycles. The summed E-state index contributed by atoms with van der Waals surface area (Å²) in [5.74, 6) is 1.35. The van der Waals surface area contributed by atoms with E-state index in [9.17, 15) is 4.79 Å². The lowest BCUT2D eigenvalue weighted by Crippen LogP contribution is -2.23. The van der Waals surface area contributed by atoms with E-state index in [-0.39, 0.29) is 12.4 Å². The average Bonchev–Trinajstić information content (AvgIpc) is 3.40. The largest absolute Gasteiger partial charge is 0.494 e. The molecule has 0 aliphatic carbocycles. The summed E-state index contributed by atoms with van der Waals surface area (Å²) < 4.78 is 5.46. The molecule has 0 fully saturated rings. The first-order valence-electron chi connectivity index (χ1n) is 10.4. The molecule has 0 atom stereocenters. The van der Waals surface area contributed by atoms with Crippen LogP contribution in [-0.4, -0.2) is 39.5 Å². The fourth-order valence-electron chi connectivity index (χ4n) is 3.78. The van der Waals surface area contributed by atoms with Gasteiger partial charge in [-0.1, -0.05) is 24.3 Å². The third kappa shape index (κ3) is 4.71. The van der Waals surface area contributed by atoms with Crippen LogP contribution in [0.1, 0.15) is 16.2 Å². The van der Waals surface area contributed by atoms with Gasteiger partial charge in [0.05, 0.1) is 13.7 Å². The predicted octanol–water partition coefficient (Wildman–Crippen LogP) is 4.42. The van der Waals surface area contributed by atoms with Gasteiger partial charge in [-0.15, -0.1) is 0 Å². The second-order valence-electron chi connectivity index (χ2n) is 7.32. The SMILES string of the molecule is COc1ccc(-c2ccc3cc(C(=O)NCc4ncc[nH]4)ccc3c2)c2cccnc12.O=CO. The molecule has 2 aromatic heterocycles. The van der Waals surface area contributed by atoms with Gasteiger partial charge in [0.1, 0.15) is 17.1 Å². The molecule has 34 heavy (non-hydrogen) atoms. The number of carbonyl (C=O) groups is 2. The van der Waals surface area contributed by atoms with E-state index in [0.717, 1.165) is 44.4 Å². The number of imidazole rings is 1. The van der Waals surface area contributed by atoms with Crippen molar-refractivity contribution in [2.75, 3.05) is 7.11 Å². The molecule has 8 nitrogen and oxygen atoms in total. The van der Waals surface area contributed by atoms with Crippen LogP contribution in [0.25, 0.3) is 32.8 Å². The quantitative estimate of drug-likeness (QED) is 0.339. The van der Waals surface area contributed by atoms with Crippen molar-refractivity contribution in [3.63, 3.8) is 0 Å². The molecule has 5 aromatic rings. The van der Waals surface area contributed by atoms with Gasteiger partial charge in [0.15, 0.2) is 0 Å². The number of H-pyrrole nitrogens is 1. The van der Waals surface area contributed by atoms with Crippen LogP contribution in [0, 0.1) is 0 Å². The number of nitrogens with zero attached hydrogens (tertiary/aromatic N) is 2. The molecule has 5 rings (SSSR count). The summed E-state index contributed by atoms with van der Waals surface area (Å²) in [5.41, 5.74) is 3.63.